The maximum atomic E-state index is 13.7. The van der Waals surface area contributed by atoms with Gasteiger partial charge in [0, 0.05) is 0 Å². The molecule has 0 unspecified atom stereocenters. The van der Waals surface area contributed by atoms with Crippen molar-refractivity contribution in [1.29, 1.82) is 5.26 Å². The summed E-state index contributed by atoms with van der Waals surface area (Å²) >= 11 is 6.00. The van der Waals surface area contributed by atoms with Crippen LogP contribution in [0, 0.1) is 29.9 Å². The Balaban J connectivity index is 2.39. The predicted molar refractivity (Wildman–Crippen MR) is 70.5 cm³/mol. The topological polar surface area (TPSA) is 35.8 Å². The van der Waals surface area contributed by atoms with Crippen molar-refractivity contribution in [3.05, 3.63) is 58.1 Å². The zero-order valence-electron chi connectivity index (χ0n) is 9.97. The summed E-state index contributed by atoms with van der Waals surface area (Å²) in [5.74, 6) is -2.27. The molecule has 0 heterocycles. The number of halogens is 3. The zero-order valence-corrected chi connectivity index (χ0v) is 10.7. The third kappa shape index (κ3) is 2.67. The molecule has 0 aromatic heterocycles. The van der Waals surface area contributed by atoms with Crippen LogP contribution in [-0.2, 0) is 0 Å². The highest BCUT2D eigenvalue weighted by Gasteiger charge is 2.14. The van der Waals surface area contributed by atoms with E-state index in [2.05, 4.69) is 5.32 Å². The maximum Gasteiger partial charge on any atom is 0.183 e. The number of aryl methyl sites for hydroxylation is 1. The minimum absolute atomic E-state index is 0.0674. The highest BCUT2D eigenvalue weighted by atomic mass is 35.5. The first-order chi connectivity index (χ1) is 9.02. The third-order valence-corrected chi connectivity index (χ3v) is 2.91. The van der Waals surface area contributed by atoms with Gasteiger partial charge in [0.2, 0.25) is 0 Å². The Kier molecular flexibility index (Phi) is 3.68. The zero-order chi connectivity index (χ0) is 14.0. The van der Waals surface area contributed by atoms with Crippen LogP contribution in [-0.4, -0.2) is 0 Å². The van der Waals surface area contributed by atoms with Gasteiger partial charge in [0.05, 0.1) is 22.0 Å². The molecule has 0 aliphatic rings. The van der Waals surface area contributed by atoms with Crippen molar-refractivity contribution in [2.24, 2.45) is 0 Å². The van der Waals surface area contributed by atoms with Crippen LogP contribution in [0.15, 0.2) is 30.3 Å². The molecule has 0 atom stereocenters. The lowest BCUT2D eigenvalue weighted by molar-refractivity contribution is 0.509. The maximum absolute atomic E-state index is 13.7. The van der Waals surface area contributed by atoms with E-state index in [1.807, 2.05) is 6.92 Å². The number of nitrogens with one attached hydrogen (secondary N) is 1. The second kappa shape index (κ2) is 5.25. The molecule has 0 saturated carbocycles. The molecule has 2 aromatic carbocycles. The summed E-state index contributed by atoms with van der Waals surface area (Å²) in [6.07, 6.45) is 0. The molecule has 0 spiro atoms. The van der Waals surface area contributed by atoms with Gasteiger partial charge < -0.3 is 5.32 Å². The molecular weight excluding hydrogens is 270 g/mol. The summed E-state index contributed by atoms with van der Waals surface area (Å²) < 4.78 is 27.2. The van der Waals surface area contributed by atoms with E-state index in [0.29, 0.717) is 10.7 Å². The van der Waals surface area contributed by atoms with Crippen molar-refractivity contribution in [2.45, 2.75) is 6.92 Å². The highest BCUT2D eigenvalue weighted by Crippen LogP contribution is 2.29. The van der Waals surface area contributed by atoms with Gasteiger partial charge in [-0.2, -0.15) is 5.26 Å². The molecule has 0 fully saturated rings. The van der Waals surface area contributed by atoms with E-state index in [0.717, 1.165) is 5.56 Å². The molecule has 96 valence electrons. The van der Waals surface area contributed by atoms with E-state index in [4.69, 9.17) is 16.9 Å². The molecule has 0 bridgehead atoms. The number of anilines is 2. The molecule has 19 heavy (non-hydrogen) atoms. The van der Waals surface area contributed by atoms with Crippen molar-refractivity contribution in [1.82, 2.24) is 0 Å². The molecule has 0 saturated heterocycles. The SMILES string of the molecule is Cc1ccc(Nc2ccc(C#N)c(F)c2F)c(Cl)c1. The summed E-state index contributed by atoms with van der Waals surface area (Å²) in [5.41, 5.74) is 1.03. The molecule has 2 rings (SSSR count). The van der Waals surface area contributed by atoms with E-state index in [-0.39, 0.29) is 11.3 Å². The molecule has 0 radical (unpaired) electrons. The van der Waals surface area contributed by atoms with Crippen LogP contribution in [0.25, 0.3) is 0 Å². The fraction of sp³-hybridized carbons (Fsp3) is 0.0714. The van der Waals surface area contributed by atoms with Gasteiger partial charge in [-0.1, -0.05) is 17.7 Å². The van der Waals surface area contributed by atoms with Crippen LogP contribution >= 0.6 is 11.6 Å². The van der Waals surface area contributed by atoms with Gasteiger partial charge in [-0.3, -0.25) is 0 Å². The minimum Gasteiger partial charge on any atom is -0.352 e. The van der Waals surface area contributed by atoms with Crippen molar-refractivity contribution in [3.8, 4) is 6.07 Å². The second-order valence-corrected chi connectivity index (χ2v) is 4.42. The fourth-order valence-corrected chi connectivity index (χ4v) is 1.88. The molecule has 0 amide bonds. The molecular formula is C14H9ClF2N2. The van der Waals surface area contributed by atoms with Gasteiger partial charge in [0.25, 0.3) is 0 Å². The highest BCUT2D eigenvalue weighted by molar-refractivity contribution is 6.33. The summed E-state index contributed by atoms with van der Waals surface area (Å²) in [6.45, 7) is 1.87. The molecule has 2 aromatic rings. The molecule has 5 heteroatoms. The van der Waals surface area contributed by atoms with Gasteiger partial charge in [0.15, 0.2) is 11.6 Å². The van der Waals surface area contributed by atoms with Crippen LogP contribution in [0.5, 0.6) is 0 Å². The van der Waals surface area contributed by atoms with E-state index in [9.17, 15) is 8.78 Å². The summed E-state index contributed by atoms with van der Waals surface area (Å²) in [4.78, 5) is 0. The van der Waals surface area contributed by atoms with Crippen molar-refractivity contribution in [2.75, 3.05) is 5.32 Å². The number of hydrogen-bond acceptors (Lipinski definition) is 2. The van der Waals surface area contributed by atoms with Gasteiger partial charge in [-0.15, -0.1) is 0 Å². The quantitative estimate of drug-likeness (QED) is 0.875. The molecule has 1 N–H and O–H groups in total. The Morgan fingerprint density at radius 1 is 1.11 bits per heavy atom. The summed E-state index contributed by atoms with van der Waals surface area (Å²) in [5, 5.41) is 11.7. The smallest absolute Gasteiger partial charge is 0.183 e. The first-order valence-corrected chi connectivity index (χ1v) is 5.82. The fourth-order valence-electron chi connectivity index (χ4n) is 1.60. The summed E-state index contributed by atoms with van der Waals surface area (Å²) in [7, 11) is 0. The van der Waals surface area contributed by atoms with Crippen LogP contribution < -0.4 is 5.32 Å². The van der Waals surface area contributed by atoms with Crippen LogP contribution in [0.4, 0.5) is 20.2 Å². The molecule has 0 aliphatic heterocycles. The number of rotatable bonds is 2. The standard InChI is InChI=1S/C14H9ClF2N2/c1-8-2-4-11(10(15)6-8)19-12-5-3-9(7-18)13(16)14(12)17/h2-6,19H,1H3. The normalized spacial score (nSPS) is 10.1. The van der Waals surface area contributed by atoms with Gasteiger partial charge >= 0.3 is 0 Å². The Hall–Kier alpha value is -2.12. The minimum atomic E-state index is -1.17. The number of nitriles is 1. The summed E-state index contributed by atoms with van der Waals surface area (Å²) in [6, 6.07) is 9.27. The Morgan fingerprint density at radius 3 is 2.42 bits per heavy atom. The van der Waals surface area contributed by atoms with Crippen LogP contribution in [0.3, 0.4) is 0 Å². The monoisotopic (exact) mass is 278 g/mol. The van der Waals surface area contributed by atoms with E-state index in [1.54, 1.807) is 24.3 Å². The Labute approximate surface area is 114 Å². The van der Waals surface area contributed by atoms with E-state index >= 15 is 0 Å². The molecule has 2 nitrogen and oxygen atoms in total. The average Bonchev–Trinajstić information content (AvgIpc) is 2.38. The van der Waals surface area contributed by atoms with Crippen LogP contribution in [0.1, 0.15) is 11.1 Å². The Morgan fingerprint density at radius 2 is 1.79 bits per heavy atom. The van der Waals surface area contributed by atoms with Crippen molar-refractivity contribution in [3.63, 3.8) is 0 Å². The third-order valence-electron chi connectivity index (χ3n) is 2.60. The predicted octanol–water partition coefficient (Wildman–Crippen LogP) is 4.54. The largest absolute Gasteiger partial charge is 0.352 e. The number of benzene rings is 2. The van der Waals surface area contributed by atoms with Crippen molar-refractivity contribution < 1.29 is 8.78 Å². The van der Waals surface area contributed by atoms with Crippen molar-refractivity contribution >= 4 is 23.0 Å². The van der Waals surface area contributed by atoms with Gasteiger partial charge in [-0.25, -0.2) is 8.78 Å². The number of hydrogen-bond donors (Lipinski definition) is 1. The van der Waals surface area contributed by atoms with E-state index in [1.165, 1.54) is 12.1 Å². The van der Waals surface area contributed by atoms with E-state index < -0.39 is 11.6 Å². The average molecular weight is 279 g/mol. The Bertz CT molecular complexity index is 678. The second-order valence-electron chi connectivity index (χ2n) is 4.01. The lowest BCUT2D eigenvalue weighted by atomic mass is 10.1. The van der Waals surface area contributed by atoms with Crippen LogP contribution in [0.2, 0.25) is 5.02 Å². The van der Waals surface area contributed by atoms with Gasteiger partial charge in [-0.05, 0) is 36.8 Å². The lowest BCUT2D eigenvalue weighted by Gasteiger charge is -2.10. The lowest BCUT2D eigenvalue weighted by Crippen LogP contribution is -1.99. The van der Waals surface area contributed by atoms with Gasteiger partial charge in [0.1, 0.15) is 6.07 Å². The first-order valence-electron chi connectivity index (χ1n) is 5.44. The molecule has 0 aliphatic carbocycles. The number of nitrogens with zero attached hydrogens (tertiary/aromatic N) is 1. The first kappa shape index (κ1) is 13.3.